The minimum Gasteiger partial charge on any atom is -0.469 e. The number of carbonyl (C=O) groups is 1. The van der Waals surface area contributed by atoms with Gasteiger partial charge >= 0.3 is 5.97 Å². The van der Waals surface area contributed by atoms with Crippen LogP contribution in [0.15, 0.2) is 0 Å². The van der Waals surface area contributed by atoms with Crippen molar-refractivity contribution in [3.05, 3.63) is 0 Å². The molecule has 21 heavy (non-hydrogen) atoms. The number of carbonyl (C=O) groups excluding carboxylic acids is 1. The van der Waals surface area contributed by atoms with E-state index in [-0.39, 0.29) is 12.1 Å². The van der Waals surface area contributed by atoms with Crippen molar-refractivity contribution in [1.82, 2.24) is 0 Å². The van der Waals surface area contributed by atoms with Crippen molar-refractivity contribution in [2.45, 2.75) is 103 Å². The third-order valence-corrected chi connectivity index (χ3v) is 4.04. The maximum Gasteiger partial charge on any atom is 0.305 e. The molecule has 0 fully saturated rings. The van der Waals surface area contributed by atoms with Gasteiger partial charge in [0, 0.05) is 6.42 Å². The van der Waals surface area contributed by atoms with Crippen molar-refractivity contribution in [3.63, 3.8) is 0 Å². The highest BCUT2D eigenvalue weighted by atomic mass is 16.5. The Morgan fingerprint density at radius 2 is 1.33 bits per heavy atom. The van der Waals surface area contributed by atoms with Crippen molar-refractivity contribution in [3.8, 4) is 0 Å². The topological polar surface area (TPSA) is 46.5 Å². The number of hydrogen-bond donors (Lipinski definition) is 1. The van der Waals surface area contributed by atoms with Crippen LogP contribution >= 0.6 is 0 Å². The molecule has 3 nitrogen and oxygen atoms in total. The monoisotopic (exact) mass is 300 g/mol. The summed E-state index contributed by atoms with van der Waals surface area (Å²) in [5, 5.41) is 9.88. The van der Waals surface area contributed by atoms with E-state index in [2.05, 4.69) is 11.7 Å². The molecule has 0 saturated heterocycles. The molecule has 0 heterocycles. The minimum atomic E-state index is -0.0999. The van der Waals surface area contributed by atoms with Gasteiger partial charge in [0.2, 0.25) is 0 Å². The number of rotatable bonds is 15. The molecule has 0 radical (unpaired) electrons. The first kappa shape index (κ1) is 20.4. The normalized spacial score (nSPS) is 12.3. The Kier molecular flexibility index (Phi) is 15.4. The van der Waals surface area contributed by atoms with Gasteiger partial charge in [0.1, 0.15) is 0 Å². The van der Waals surface area contributed by atoms with Crippen LogP contribution in [0, 0.1) is 0 Å². The number of aliphatic hydroxyl groups is 1. The van der Waals surface area contributed by atoms with Crippen molar-refractivity contribution < 1.29 is 14.6 Å². The van der Waals surface area contributed by atoms with Gasteiger partial charge < -0.3 is 9.84 Å². The summed E-state index contributed by atoms with van der Waals surface area (Å²) in [6.07, 6.45) is 15.5. The number of aliphatic hydroxyl groups excluding tert-OH is 1. The largest absolute Gasteiger partial charge is 0.469 e. The maximum atomic E-state index is 10.9. The third kappa shape index (κ3) is 15.6. The molecule has 0 rings (SSSR count). The van der Waals surface area contributed by atoms with Gasteiger partial charge in [-0.25, -0.2) is 0 Å². The fourth-order valence-corrected chi connectivity index (χ4v) is 2.59. The Hall–Kier alpha value is -0.570. The predicted octanol–water partition coefficient (Wildman–Crippen LogP) is 5.00. The molecule has 0 saturated carbocycles. The fourth-order valence-electron chi connectivity index (χ4n) is 2.59. The predicted molar refractivity (Wildman–Crippen MR) is 88.3 cm³/mol. The second-order valence-electron chi connectivity index (χ2n) is 6.09. The summed E-state index contributed by atoms with van der Waals surface area (Å²) in [5.41, 5.74) is 0. The lowest BCUT2D eigenvalue weighted by molar-refractivity contribution is -0.140. The van der Waals surface area contributed by atoms with Crippen molar-refractivity contribution in [2.75, 3.05) is 7.11 Å². The fraction of sp³-hybridized carbons (Fsp3) is 0.944. The van der Waals surface area contributed by atoms with E-state index in [0.717, 1.165) is 32.1 Å². The van der Waals surface area contributed by atoms with Gasteiger partial charge in [-0.05, 0) is 19.3 Å². The molecule has 1 N–H and O–H groups in total. The summed E-state index contributed by atoms with van der Waals surface area (Å²) in [5.74, 6) is -0.0999. The number of esters is 1. The van der Waals surface area contributed by atoms with Gasteiger partial charge in [0.15, 0.2) is 0 Å². The highest BCUT2D eigenvalue weighted by Crippen LogP contribution is 2.14. The summed E-state index contributed by atoms with van der Waals surface area (Å²) in [6, 6.07) is 0. The van der Waals surface area contributed by atoms with Crippen LogP contribution in [-0.4, -0.2) is 24.3 Å². The summed E-state index contributed by atoms with van der Waals surface area (Å²) in [6.45, 7) is 2.23. The van der Waals surface area contributed by atoms with E-state index in [9.17, 15) is 9.90 Å². The van der Waals surface area contributed by atoms with E-state index < -0.39 is 0 Å². The molecule has 0 aliphatic carbocycles. The van der Waals surface area contributed by atoms with Crippen LogP contribution in [-0.2, 0) is 9.53 Å². The SMILES string of the molecule is CCCCCCCC(O)CCCCCCCCC(=O)OC. The molecule has 0 aliphatic rings. The van der Waals surface area contributed by atoms with Crippen LogP contribution in [0.4, 0.5) is 0 Å². The van der Waals surface area contributed by atoms with E-state index in [4.69, 9.17) is 0 Å². The Morgan fingerprint density at radius 1 is 0.857 bits per heavy atom. The Morgan fingerprint density at radius 3 is 1.86 bits per heavy atom. The van der Waals surface area contributed by atoms with Gasteiger partial charge in [0.05, 0.1) is 13.2 Å². The van der Waals surface area contributed by atoms with E-state index in [0.29, 0.717) is 6.42 Å². The smallest absolute Gasteiger partial charge is 0.305 e. The average molecular weight is 300 g/mol. The first-order valence-corrected chi connectivity index (χ1v) is 8.95. The molecule has 0 aliphatic heterocycles. The lowest BCUT2D eigenvalue weighted by Crippen LogP contribution is -2.05. The van der Waals surface area contributed by atoms with Crippen LogP contribution in [0.3, 0.4) is 0 Å². The maximum absolute atomic E-state index is 10.9. The van der Waals surface area contributed by atoms with Crippen LogP contribution in [0.2, 0.25) is 0 Å². The molecule has 3 heteroatoms. The molecular formula is C18H36O3. The lowest BCUT2D eigenvalue weighted by atomic mass is 10.0. The zero-order valence-electron chi connectivity index (χ0n) is 14.2. The molecule has 0 aromatic rings. The van der Waals surface area contributed by atoms with Crippen molar-refractivity contribution in [1.29, 1.82) is 0 Å². The van der Waals surface area contributed by atoms with Crippen LogP contribution in [0.25, 0.3) is 0 Å². The Bertz CT molecular complexity index is 229. The highest BCUT2D eigenvalue weighted by molar-refractivity contribution is 5.68. The van der Waals surface area contributed by atoms with Crippen LogP contribution in [0.1, 0.15) is 96.8 Å². The van der Waals surface area contributed by atoms with E-state index in [1.54, 1.807) is 0 Å². The molecule has 0 aromatic carbocycles. The second kappa shape index (κ2) is 15.8. The summed E-state index contributed by atoms with van der Waals surface area (Å²) < 4.78 is 4.61. The van der Waals surface area contributed by atoms with Gasteiger partial charge in [-0.15, -0.1) is 0 Å². The first-order valence-electron chi connectivity index (χ1n) is 8.95. The van der Waals surface area contributed by atoms with E-state index in [1.807, 2.05) is 0 Å². The highest BCUT2D eigenvalue weighted by Gasteiger charge is 2.04. The van der Waals surface area contributed by atoms with Gasteiger partial charge in [0.25, 0.3) is 0 Å². The molecule has 0 aromatic heterocycles. The number of ether oxygens (including phenoxy) is 1. The summed E-state index contributed by atoms with van der Waals surface area (Å²) in [4.78, 5) is 10.9. The molecule has 126 valence electrons. The summed E-state index contributed by atoms with van der Waals surface area (Å²) in [7, 11) is 1.44. The summed E-state index contributed by atoms with van der Waals surface area (Å²) >= 11 is 0. The van der Waals surface area contributed by atoms with Gasteiger partial charge in [-0.3, -0.25) is 4.79 Å². The zero-order chi connectivity index (χ0) is 15.8. The molecule has 1 unspecified atom stereocenters. The standard InChI is InChI=1S/C18H36O3/c1-3-4-5-8-11-14-17(19)15-12-9-6-7-10-13-16-18(20)21-2/h17,19H,3-16H2,1-2H3. The number of unbranched alkanes of at least 4 members (excludes halogenated alkanes) is 9. The molecule has 1 atom stereocenters. The third-order valence-electron chi connectivity index (χ3n) is 4.04. The van der Waals surface area contributed by atoms with Gasteiger partial charge in [-0.2, -0.15) is 0 Å². The molecule has 0 spiro atoms. The lowest BCUT2D eigenvalue weighted by Gasteiger charge is -2.10. The quantitative estimate of drug-likeness (QED) is 0.342. The first-order chi connectivity index (χ1) is 10.2. The Balaban J connectivity index is 3.17. The average Bonchev–Trinajstić information content (AvgIpc) is 2.49. The molecular weight excluding hydrogens is 264 g/mol. The van der Waals surface area contributed by atoms with Crippen molar-refractivity contribution in [2.24, 2.45) is 0 Å². The Labute approximate surface area is 131 Å². The van der Waals surface area contributed by atoms with Crippen LogP contribution < -0.4 is 0 Å². The van der Waals surface area contributed by atoms with E-state index in [1.165, 1.54) is 58.5 Å². The minimum absolute atomic E-state index is 0.0917. The van der Waals surface area contributed by atoms with Crippen LogP contribution in [0.5, 0.6) is 0 Å². The number of methoxy groups -OCH3 is 1. The molecule has 0 amide bonds. The van der Waals surface area contributed by atoms with Crippen molar-refractivity contribution >= 4 is 5.97 Å². The molecule has 0 bridgehead atoms. The van der Waals surface area contributed by atoms with Gasteiger partial charge in [-0.1, -0.05) is 71.1 Å². The zero-order valence-corrected chi connectivity index (χ0v) is 14.2. The second-order valence-corrected chi connectivity index (χ2v) is 6.09. The van der Waals surface area contributed by atoms with E-state index >= 15 is 0 Å². The number of hydrogen-bond acceptors (Lipinski definition) is 3.